The van der Waals surface area contributed by atoms with Gasteiger partial charge in [0.25, 0.3) is 0 Å². The topological polar surface area (TPSA) is 47.4 Å². The second kappa shape index (κ2) is 8.47. The molecule has 5 nitrogen and oxygen atoms in total. The van der Waals surface area contributed by atoms with E-state index in [0.717, 1.165) is 21.9 Å². The zero-order valence-corrected chi connectivity index (χ0v) is 16.3. The van der Waals surface area contributed by atoms with Crippen LogP contribution in [-0.4, -0.2) is 46.3 Å². The number of rotatable bonds is 7. The second-order valence-electron chi connectivity index (χ2n) is 5.85. The second-order valence-corrected chi connectivity index (χ2v) is 7.23. The van der Waals surface area contributed by atoms with Gasteiger partial charge in [0, 0.05) is 19.1 Å². The van der Waals surface area contributed by atoms with Crippen molar-refractivity contribution in [1.29, 1.82) is 0 Å². The van der Waals surface area contributed by atoms with Crippen LogP contribution < -0.4 is 4.74 Å². The highest BCUT2D eigenvalue weighted by atomic mass is 35.5. The van der Waals surface area contributed by atoms with Crippen LogP contribution in [0.3, 0.4) is 0 Å². The van der Waals surface area contributed by atoms with Crippen LogP contribution in [0.1, 0.15) is 0 Å². The summed E-state index contributed by atoms with van der Waals surface area (Å²) in [6.45, 7) is 0.950. The minimum Gasteiger partial charge on any atom is -0.492 e. The Balaban J connectivity index is 1.47. The quantitative estimate of drug-likeness (QED) is 0.576. The van der Waals surface area contributed by atoms with E-state index in [1.807, 2.05) is 48.0 Å². The first-order valence-corrected chi connectivity index (χ1v) is 9.57. The van der Waals surface area contributed by atoms with Gasteiger partial charge in [0.2, 0.25) is 5.91 Å². The minimum absolute atomic E-state index is 0.0433. The van der Waals surface area contributed by atoms with Crippen molar-refractivity contribution in [1.82, 2.24) is 14.5 Å². The number of carbonyl (C=O) groups is 1. The van der Waals surface area contributed by atoms with E-state index in [2.05, 4.69) is 4.98 Å². The molecule has 0 fully saturated rings. The molecule has 0 aliphatic heterocycles. The fraction of sp³-hybridized carbons (Fsp3) is 0.263. The molecule has 1 aromatic heterocycles. The van der Waals surface area contributed by atoms with Crippen molar-refractivity contribution in [3.63, 3.8) is 0 Å². The SMILES string of the molecule is CN(CCOc1ccc(Cl)cc1)C(=O)CSc1nc2ccccc2n1C. The summed E-state index contributed by atoms with van der Waals surface area (Å²) in [6, 6.07) is 15.1. The van der Waals surface area contributed by atoms with Gasteiger partial charge in [0.15, 0.2) is 5.16 Å². The zero-order valence-electron chi connectivity index (χ0n) is 14.7. The van der Waals surface area contributed by atoms with Crippen molar-refractivity contribution in [3.05, 3.63) is 53.6 Å². The lowest BCUT2D eigenvalue weighted by molar-refractivity contribution is -0.127. The van der Waals surface area contributed by atoms with E-state index in [9.17, 15) is 4.79 Å². The maximum Gasteiger partial charge on any atom is 0.232 e. The number of para-hydroxylation sites is 2. The van der Waals surface area contributed by atoms with Crippen molar-refractivity contribution in [2.75, 3.05) is 26.0 Å². The normalized spacial score (nSPS) is 10.9. The van der Waals surface area contributed by atoms with E-state index >= 15 is 0 Å². The number of hydrogen-bond donors (Lipinski definition) is 0. The van der Waals surface area contributed by atoms with Crippen molar-refractivity contribution < 1.29 is 9.53 Å². The highest BCUT2D eigenvalue weighted by Crippen LogP contribution is 2.22. The van der Waals surface area contributed by atoms with E-state index in [1.54, 1.807) is 24.1 Å². The molecule has 1 amide bonds. The fourth-order valence-corrected chi connectivity index (χ4v) is 3.50. The predicted octanol–water partition coefficient (Wildman–Crippen LogP) is 3.86. The lowest BCUT2D eigenvalue weighted by atomic mass is 10.3. The Morgan fingerprint density at radius 3 is 2.69 bits per heavy atom. The minimum atomic E-state index is 0.0433. The van der Waals surface area contributed by atoms with Crippen molar-refractivity contribution in [2.45, 2.75) is 5.16 Å². The van der Waals surface area contributed by atoms with Crippen LogP contribution in [0.4, 0.5) is 0 Å². The number of aromatic nitrogens is 2. The van der Waals surface area contributed by atoms with Gasteiger partial charge in [-0.2, -0.15) is 0 Å². The molecular formula is C19H20ClN3O2S. The first-order valence-electron chi connectivity index (χ1n) is 8.21. The third kappa shape index (κ3) is 4.51. The average molecular weight is 390 g/mol. The molecule has 0 saturated heterocycles. The summed E-state index contributed by atoms with van der Waals surface area (Å²) < 4.78 is 7.64. The lowest BCUT2D eigenvalue weighted by Crippen LogP contribution is -2.32. The maximum atomic E-state index is 12.3. The van der Waals surface area contributed by atoms with E-state index in [1.165, 1.54) is 11.8 Å². The molecule has 1 heterocycles. The third-order valence-electron chi connectivity index (χ3n) is 4.01. The van der Waals surface area contributed by atoms with Crippen LogP contribution >= 0.6 is 23.4 Å². The average Bonchev–Trinajstić information content (AvgIpc) is 2.97. The number of amides is 1. The fourth-order valence-electron chi connectivity index (χ4n) is 2.44. The molecule has 2 aromatic carbocycles. The van der Waals surface area contributed by atoms with Gasteiger partial charge >= 0.3 is 0 Å². The maximum absolute atomic E-state index is 12.3. The van der Waals surface area contributed by atoms with Gasteiger partial charge in [-0.05, 0) is 36.4 Å². The van der Waals surface area contributed by atoms with Crippen LogP contribution in [0.2, 0.25) is 5.02 Å². The highest BCUT2D eigenvalue weighted by Gasteiger charge is 2.13. The summed E-state index contributed by atoms with van der Waals surface area (Å²) in [5, 5.41) is 1.51. The number of thioether (sulfide) groups is 1. The standard InChI is InChI=1S/C19H20ClN3O2S/c1-22(11-12-25-15-9-7-14(20)8-10-15)18(24)13-26-19-21-16-5-3-4-6-17(16)23(19)2/h3-10H,11-13H2,1-2H3. The summed E-state index contributed by atoms with van der Waals surface area (Å²) in [4.78, 5) is 18.6. The van der Waals surface area contributed by atoms with E-state index in [4.69, 9.17) is 16.3 Å². The molecule has 0 aliphatic carbocycles. The molecule has 0 aliphatic rings. The van der Waals surface area contributed by atoms with Crippen LogP contribution in [0.25, 0.3) is 11.0 Å². The molecule has 0 spiro atoms. The first-order chi connectivity index (χ1) is 12.5. The molecule has 3 rings (SSSR count). The number of fused-ring (bicyclic) bond motifs is 1. The van der Waals surface area contributed by atoms with Gasteiger partial charge < -0.3 is 14.2 Å². The monoisotopic (exact) mass is 389 g/mol. The van der Waals surface area contributed by atoms with Crippen LogP contribution in [0.5, 0.6) is 5.75 Å². The Bertz CT molecular complexity index is 895. The number of imidazole rings is 1. The lowest BCUT2D eigenvalue weighted by Gasteiger charge is -2.17. The number of halogens is 1. The Kier molecular flexibility index (Phi) is 6.06. The van der Waals surface area contributed by atoms with Gasteiger partial charge in [-0.1, -0.05) is 35.5 Å². The highest BCUT2D eigenvalue weighted by molar-refractivity contribution is 7.99. The van der Waals surface area contributed by atoms with Gasteiger partial charge in [-0.3, -0.25) is 4.79 Å². The molecule has 26 heavy (non-hydrogen) atoms. The van der Waals surface area contributed by atoms with Crippen LogP contribution in [0, 0.1) is 0 Å². The van der Waals surface area contributed by atoms with Gasteiger partial charge in [-0.25, -0.2) is 4.98 Å². The number of carbonyl (C=O) groups excluding carboxylic acids is 1. The first kappa shape index (κ1) is 18.6. The predicted molar refractivity (Wildman–Crippen MR) is 106 cm³/mol. The summed E-state index contributed by atoms with van der Waals surface area (Å²) in [6.07, 6.45) is 0. The Morgan fingerprint density at radius 1 is 1.23 bits per heavy atom. The molecule has 0 unspecified atom stereocenters. The molecule has 0 N–H and O–H groups in total. The van der Waals surface area contributed by atoms with Gasteiger partial charge in [0.1, 0.15) is 12.4 Å². The Morgan fingerprint density at radius 2 is 1.96 bits per heavy atom. The molecule has 0 atom stereocenters. The Labute approximate surface area is 161 Å². The largest absolute Gasteiger partial charge is 0.492 e. The summed E-state index contributed by atoms with van der Waals surface area (Å²) >= 11 is 7.29. The molecule has 0 bridgehead atoms. The number of hydrogen-bond acceptors (Lipinski definition) is 4. The number of aryl methyl sites for hydroxylation is 1. The van der Waals surface area contributed by atoms with Gasteiger partial charge in [0.05, 0.1) is 23.3 Å². The van der Waals surface area contributed by atoms with E-state index in [-0.39, 0.29) is 5.91 Å². The van der Waals surface area contributed by atoms with Crippen LogP contribution in [-0.2, 0) is 11.8 Å². The van der Waals surface area contributed by atoms with Crippen LogP contribution in [0.15, 0.2) is 53.7 Å². The van der Waals surface area contributed by atoms with Crippen molar-refractivity contribution in [3.8, 4) is 5.75 Å². The summed E-state index contributed by atoms with van der Waals surface area (Å²) in [5.74, 6) is 1.13. The van der Waals surface area contributed by atoms with E-state index in [0.29, 0.717) is 23.9 Å². The summed E-state index contributed by atoms with van der Waals surface area (Å²) in [7, 11) is 3.74. The molecule has 3 aromatic rings. The smallest absolute Gasteiger partial charge is 0.232 e. The van der Waals surface area contributed by atoms with Crippen molar-refractivity contribution in [2.24, 2.45) is 7.05 Å². The van der Waals surface area contributed by atoms with E-state index < -0.39 is 0 Å². The van der Waals surface area contributed by atoms with Crippen molar-refractivity contribution >= 4 is 40.3 Å². The molecule has 136 valence electrons. The summed E-state index contributed by atoms with van der Waals surface area (Å²) in [5.41, 5.74) is 2.00. The number of benzene rings is 2. The molecule has 0 saturated carbocycles. The zero-order chi connectivity index (χ0) is 18.5. The molecular weight excluding hydrogens is 370 g/mol. The number of likely N-dealkylation sites (N-methyl/N-ethyl adjacent to an activating group) is 1. The number of nitrogens with zero attached hydrogens (tertiary/aromatic N) is 3. The number of ether oxygens (including phenoxy) is 1. The van der Waals surface area contributed by atoms with Gasteiger partial charge in [-0.15, -0.1) is 0 Å². The molecule has 7 heteroatoms. The third-order valence-corrected chi connectivity index (χ3v) is 5.27. The molecule has 0 radical (unpaired) electrons. The Hall–Kier alpha value is -2.18.